The second kappa shape index (κ2) is 5.82. The molecule has 2 amide bonds. The fraction of sp³-hybridized carbons (Fsp3) is 0. The van der Waals surface area contributed by atoms with Crippen LogP contribution in [0, 0.1) is 0 Å². The summed E-state index contributed by atoms with van der Waals surface area (Å²) in [4.78, 5) is 10.3. The number of urea groups is 1. The number of nitrogens with one attached hydrogen (secondary N) is 1. The van der Waals surface area contributed by atoms with Gasteiger partial charge in [0.05, 0.1) is 11.2 Å². The van der Waals surface area contributed by atoms with Crippen LogP contribution < -0.4 is 11.2 Å². The van der Waals surface area contributed by atoms with Crippen LogP contribution in [0.4, 0.5) is 4.79 Å². The molecule has 0 aliphatic heterocycles. The van der Waals surface area contributed by atoms with E-state index >= 15 is 0 Å². The number of nitrogens with two attached hydrogens (primary N) is 1. The molecular weight excluding hydrogens is 214 g/mol. The van der Waals surface area contributed by atoms with Gasteiger partial charge in [0.15, 0.2) is 0 Å². The summed E-state index contributed by atoms with van der Waals surface area (Å²) in [7, 11) is 0. The van der Waals surface area contributed by atoms with Crippen LogP contribution in [0.1, 0.15) is 5.56 Å². The Bertz CT molecular complexity index is 387. The van der Waals surface area contributed by atoms with Crippen molar-refractivity contribution in [3.63, 3.8) is 0 Å². The van der Waals surface area contributed by atoms with Gasteiger partial charge in [-0.25, -0.2) is 10.2 Å². The molecule has 1 aromatic rings. The minimum atomic E-state index is -0.726. The SMILES string of the molecule is NC(=O)NN=CC(Cl)=Cc1ccccc1. The van der Waals surface area contributed by atoms with Crippen LogP contribution in [-0.4, -0.2) is 12.2 Å². The maximum Gasteiger partial charge on any atom is 0.332 e. The van der Waals surface area contributed by atoms with Crippen molar-refractivity contribution in [1.82, 2.24) is 5.43 Å². The van der Waals surface area contributed by atoms with Gasteiger partial charge in [-0.15, -0.1) is 0 Å². The number of benzene rings is 1. The molecule has 0 heterocycles. The van der Waals surface area contributed by atoms with Gasteiger partial charge in [-0.1, -0.05) is 41.9 Å². The average molecular weight is 224 g/mol. The van der Waals surface area contributed by atoms with Crippen molar-refractivity contribution in [2.75, 3.05) is 0 Å². The monoisotopic (exact) mass is 223 g/mol. The Balaban J connectivity index is 2.61. The Morgan fingerprint density at radius 1 is 1.40 bits per heavy atom. The van der Waals surface area contributed by atoms with Gasteiger partial charge in [-0.05, 0) is 11.6 Å². The molecular formula is C10H10ClN3O. The maximum atomic E-state index is 10.3. The van der Waals surface area contributed by atoms with E-state index in [0.717, 1.165) is 5.56 Å². The number of rotatable bonds is 3. The molecule has 0 atom stereocenters. The first kappa shape index (κ1) is 11.3. The molecule has 1 aromatic carbocycles. The van der Waals surface area contributed by atoms with E-state index in [-0.39, 0.29) is 0 Å². The molecule has 0 radical (unpaired) electrons. The number of allylic oxidation sites excluding steroid dienone is 1. The highest BCUT2D eigenvalue weighted by molar-refractivity contribution is 6.41. The van der Waals surface area contributed by atoms with Crippen LogP contribution in [0.3, 0.4) is 0 Å². The summed E-state index contributed by atoms with van der Waals surface area (Å²) in [6.45, 7) is 0. The summed E-state index contributed by atoms with van der Waals surface area (Å²) in [5.41, 5.74) is 7.80. The molecule has 0 aliphatic rings. The summed E-state index contributed by atoms with van der Waals surface area (Å²) < 4.78 is 0. The Labute approximate surface area is 92.4 Å². The third-order valence-electron chi connectivity index (χ3n) is 1.47. The Morgan fingerprint density at radius 3 is 2.67 bits per heavy atom. The molecule has 3 N–H and O–H groups in total. The lowest BCUT2D eigenvalue weighted by Gasteiger charge is -1.93. The van der Waals surface area contributed by atoms with Crippen molar-refractivity contribution in [2.45, 2.75) is 0 Å². The van der Waals surface area contributed by atoms with E-state index in [2.05, 4.69) is 5.10 Å². The molecule has 0 aromatic heterocycles. The first-order valence-corrected chi connectivity index (χ1v) is 4.57. The zero-order chi connectivity index (χ0) is 11.1. The van der Waals surface area contributed by atoms with Gasteiger partial charge in [-0.2, -0.15) is 5.10 Å². The van der Waals surface area contributed by atoms with E-state index < -0.39 is 6.03 Å². The zero-order valence-electron chi connectivity index (χ0n) is 7.85. The third-order valence-corrected chi connectivity index (χ3v) is 1.67. The molecule has 0 saturated heterocycles. The lowest BCUT2D eigenvalue weighted by Crippen LogP contribution is -2.24. The molecule has 0 bridgehead atoms. The van der Waals surface area contributed by atoms with Crippen LogP contribution in [0.25, 0.3) is 6.08 Å². The molecule has 0 fully saturated rings. The molecule has 4 nitrogen and oxygen atoms in total. The second-order valence-corrected chi connectivity index (χ2v) is 3.11. The quantitative estimate of drug-likeness (QED) is 0.597. The van der Waals surface area contributed by atoms with E-state index in [9.17, 15) is 4.79 Å². The number of carbonyl (C=O) groups excluding carboxylic acids is 1. The lowest BCUT2D eigenvalue weighted by atomic mass is 10.2. The first-order chi connectivity index (χ1) is 7.18. The molecule has 0 spiro atoms. The van der Waals surface area contributed by atoms with Crippen molar-refractivity contribution in [1.29, 1.82) is 0 Å². The largest absolute Gasteiger partial charge is 0.350 e. The Kier molecular flexibility index (Phi) is 4.37. The van der Waals surface area contributed by atoms with E-state index in [1.54, 1.807) is 6.08 Å². The molecule has 78 valence electrons. The van der Waals surface area contributed by atoms with Crippen molar-refractivity contribution < 1.29 is 4.79 Å². The number of carbonyl (C=O) groups is 1. The van der Waals surface area contributed by atoms with E-state index in [0.29, 0.717) is 5.03 Å². The second-order valence-electron chi connectivity index (χ2n) is 2.67. The number of halogens is 1. The minimum Gasteiger partial charge on any atom is -0.350 e. The van der Waals surface area contributed by atoms with Gasteiger partial charge in [0, 0.05) is 0 Å². The van der Waals surface area contributed by atoms with Gasteiger partial charge >= 0.3 is 6.03 Å². The maximum absolute atomic E-state index is 10.3. The zero-order valence-corrected chi connectivity index (χ0v) is 8.61. The van der Waals surface area contributed by atoms with E-state index in [4.69, 9.17) is 17.3 Å². The average Bonchev–Trinajstić information content (AvgIpc) is 2.18. The standard InChI is InChI=1S/C10H10ClN3O/c11-9(7-13-14-10(12)15)6-8-4-2-1-3-5-8/h1-7H,(H3,12,14,15). The van der Waals surface area contributed by atoms with E-state index in [1.165, 1.54) is 6.21 Å². The van der Waals surface area contributed by atoms with Crippen molar-refractivity contribution in [3.8, 4) is 0 Å². The van der Waals surface area contributed by atoms with Crippen LogP contribution in [0.15, 0.2) is 40.5 Å². The molecule has 1 rings (SSSR count). The van der Waals surface area contributed by atoms with Crippen LogP contribution in [-0.2, 0) is 0 Å². The summed E-state index contributed by atoms with van der Waals surface area (Å²) >= 11 is 5.82. The topological polar surface area (TPSA) is 67.5 Å². The fourth-order valence-corrected chi connectivity index (χ4v) is 1.08. The molecule has 0 unspecified atom stereocenters. The summed E-state index contributed by atoms with van der Waals surface area (Å²) in [6, 6.07) is 8.78. The highest BCUT2D eigenvalue weighted by atomic mass is 35.5. The van der Waals surface area contributed by atoms with Crippen LogP contribution in [0.2, 0.25) is 0 Å². The number of hydrogen-bond acceptors (Lipinski definition) is 2. The highest BCUT2D eigenvalue weighted by Gasteiger charge is 1.89. The smallest absolute Gasteiger partial charge is 0.332 e. The number of nitrogens with zero attached hydrogens (tertiary/aromatic N) is 1. The number of amides is 2. The molecule has 5 heteroatoms. The van der Waals surface area contributed by atoms with Crippen LogP contribution in [0.5, 0.6) is 0 Å². The minimum absolute atomic E-state index is 0.398. The molecule has 0 saturated carbocycles. The number of hydrazone groups is 1. The normalized spacial score (nSPS) is 11.7. The Hall–Kier alpha value is -1.81. The van der Waals surface area contributed by atoms with Gasteiger partial charge in [-0.3, -0.25) is 0 Å². The lowest BCUT2D eigenvalue weighted by molar-refractivity contribution is 0.249. The van der Waals surface area contributed by atoms with Gasteiger partial charge in [0.2, 0.25) is 0 Å². The highest BCUT2D eigenvalue weighted by Crippen LogP contribution is 2.07. The summed E-state index contributed by atoms with van der Waals surface area (Å²) in [5.74, 6) is 0. The van der Waals surface area contributed by atoms with Crippen molar-refractivity contribution in [3.05, 3.63) is 40.9 Å². The van der Waals surface area contributed by atoms with Gasteiger partial charge in [0.1, 0.15) is 0 Å². The third kappa shape index (κ3) is 4.83. The van der Waals surface area contributed by atoms with Crippen molar-refractivity contribution in [2.24, 2.45) is 10.8 Å². The van der Waals surface area contributed by atoms with Gasteiger partial charge < -0.3 is 5.73 Å². The van der Waals surface area contributed by atoms with E-state index in [1.807, 2.05) is 35.8 Å². The van der Waals surface area contributed by atoms with Crippen molar-refractivity contribution >= 4 is 29.9 Å². The summed E-state index contributed by atoms with van der Waals surface area (Å²) in [5, 5.41) is 3.92. The number of hydrogen-bond donors (Lipinski definition) is 2. The first-order valence-electron chi connectivity index (χ1n) is 4.19. The Morgan fingerprint density at radius 2 is 2.07 bits per heavy atom. The predicted octanol–water partition coefficient (Wildman–Crippen LogP) is 1.92. The molecule has 0 aliphatic carbocycles. The predicted molar refractivity (Wildman–Crippen MR) is 61.5 cm³/mol. The molecule has 15 heavy (non-hydrogen) atoms. The fourth-order valence-electron chi connectivity index (χ4n) is 0.903. The number of primary amides is 1. The van der Waals surface area contributed by atoms with Crippen LogP contribution >= 0.6 is 11.6 Å². The summed E-state index contributed by atoms with van der Waals surface area (Å²) in [6.07, 6.45) is 3.02. The van der Waals surface area contributed by atoms with Gasteiger partial charge in [0.25, 0.3) is 0 Å².